The van der Waals surface area contributed by atoms with Crippen molar-refractivity contribution in [3.05, 3.63) is 71.8 Å². The Balaban J connectivity index is 1.47. The Morgan fingerprint density at radius 2 is 1.17 bits per heavy atom. The van der Waals surface area contributed by atoms with Gasteiger partial charge in [0.1, 0.15) is 0 Å². The van der Waals surface area contributed by atoms with Gasteiger partial charge in [-0.25, -0.2) is 9.59 Å². The quantitative estimate of drug-likeness (QED) is 0.780. The minimum atomic E-state index is -0.540. The molecule has 2 saturated heterocycles. The highest BCUT2D eigenvalue weighted by molar-refractivity contribution is 5.90. The highest BCUT2D eigenvalue weighted by Gasteiger charge is 2.74. The van der Waals surface area contributed by atoms with Crippen molar-refractivity contribution in [3.63, 3.8) is 0 Å². The molecule has 1 saturated carbocycles. The van der Waals surface area contributed by atoms with Crippen molar-refractivity contribution in [2.24, 2.45) is 11.8 Å². The van der Waals surface area contributed by atoms with E-state index in [1.54, 1.807) is 24.3 Å². The first kappa shape index (κ1) is 19.3. The van der Waals surface area contributed by atoms with E-state index in [1.807, 2.05) is 36.4 Å². The van der Waals surface area contributed by atoms with E-state index in [-0.39, 0.29) is 11.9 Å². The summed E-state index contributed by atoms with van der Waals surface area (Å²) in [4.78, 5) is 25.9. The van der Waals surface area contributed by atoms with Gasteiger partial charge in [-0.3, -0.25) is 5.32 Å². The van der Waals surface area contributed by atoms with Crippen LogP contribution in [0.15, 0.2) is 60.7 Å². The Morgan fingerprint density at radius 3 is 1.57 bits per heavy atom. The zero-order chi connectivity index (χ0) is 20.9. The van der Waals surface area contributed by atoms with E-state index >= 15 is 0 Å². The summed E-state index contributed by atoms with van der Waals surface area (Å²) in [7, 11) is 0. The lowest BCUT2D eigenvalue weighted by atomic mass is 9.66. The molecule has 5 nitrogen and oxygen atoms in total. The van der Waals surface area contributed by atoms with Crippen LogP contribution in [0, 0.1) is 11.8 Å². The van der Waals surface area contributed by atoms with Crippen LogP contribution < -0.4 is 5.32 Å². The third-order valence-corrected chi connectivity index (χ3v) is 7.54. The minimum absolute atomic E-state index is 0.380. The van der Waals surface area contributed by atoms with Crippen LogP contribution in [0.25, 0.3) is 0 Å². The topological polar surface area (TPSA) is 64.6 Å². The van der Waals surface area contributed by atoms with Gasteiger partial charge >= 0.3 is 11.9 Å². The van der Waals surface area contributed by atoms with Crippen LogP contribution >= 0.6 is 0 Å². The Labute approximate surface area is 176 Å². The van der Waals surface area contributed by atoms with E-state index in [4.69, 9.17) is 9.47 Å². The van der Waals surface area contributed by atoms with E-state index in [0.717, 1.165) is 19.3 Å². The van der Waals surface area contributed by atoms with Gasteiger partial charge in [0.05, 0.1) is 22.2 Å². The summed E-state index contributed by atoms with van der Waals surface area (Å²) in [6.45, 7) is 4.25. The van der Waals surface area contributed by atoms with Crippen molar-refractivity contribution in [1.82, 2.24) is 5.32 Å². The molecular weight excluding hydrogens is 378 g/mol. The maximum Gasteiger partial charge on any atom is 0.338 e. The largest absolute Gasteiger partial charge is 0.453 e. The molecule has 30 heavy (non-hydrogen) atoms. The molecule has 3 aliphatic rings. The number of ether oxygens (including phenoxy) is 2. The summed E-state index contributed by atoms with van der Waals surface area (Å²) in [5, 5.41) is 3.74. The van der Waals surface area contributed by atoms with Gasteiger partial charge in [0.2, 0.25) is 0 Å². The molecule has 156 valence electrons. The minimum Gasteiger partial charge on any atom is -0.453 e. The number of rotatable bonds is 4. The first-order valence-corrected chi connectivity index (χ1v) is 10.7. The Hall–Kier alpha value is -2.66. The number of carbonyl (C=O) groups is 2. The van der Waals surface area contributed by atoms with Crippen LogP contribution in [0.5, 0.6) is 0 Å². The van der Waals surface area contributed by atoms with Crippen molar-refractivity contribution >= 4 is 11.9 Å². The molecule has 0 aromatic heterocycles. The van der Waals surface area contributed by atoms with Crippen molar-refractivity contribution in [1.29, 1.82) is 0 Å². The maximum atomic E-state index is 12.9. The third-order valence-electron chi connectivity index (χ3n) is 7.54. The van der Waals surface area contributed by atoms with Gasteiger partial charge in [0, 0.05) is 0 Å². The van der Waals surface area contributed by atoms with Gasteiger partial charge in [-0.1, -0.05) is 42.8 Å². The third kappa shape index (κ3) is 2.79. The Kier molecular flexibility index (Phi) is 4.47. The summed E-state index contributed by atoms with van der Waals surface area (Å²) in [5.74, 6) is 0.0515. The second kappa shape index (κ2) is 6.95. The predicted molar refractivity (Wildman–Crippen MR) is 112 cm³/mol. The van der Waals surface area contributed by atoms with Crippen LogP contribution in [-0.4, -0.2) is 35.2 Å². The van der Waals surface area contributed by atoms with E-state index in [2.05, 4.69) is 19.2 Å². The highest BCUT2D eigenvalue weighted by Crippen LogP contribution is 2.60. The number of fused-ring (bicyclic) bond motifs is 5. The van der Waals surface area contributed by atoms with Gasteiger partial charge in [0.25, 0.3) is 0 Å². The molecule has 2 aromatic rings. The number of hydrogen-bond donors (Lipinski definition) is 1. The van der Waals surface area contributed by atoms with Crippen LogP contribution in [0.4, 0.5) is 0 Å². The maximum absolute atomic E-state index is 12.9. The van der Waals surface area contributed by atoms with E-state index < -0.39 is 23.3 Å². The van der Waals surface area contributed by atoms with Gasteiger partial charge in [-0.2, -0.15) is 0 Å². The van der Waals surface area contributed by atoms with Crippen molar-refractivity contribution in [2.45, 2.75) is 56.4 Å². The molecule has 6 atom stereocenters. The molecule has 2 aliphatic heterocycles. The molecule has 0 radical (unpaired) electrons. The molecule has 0 amide bonds. The number of hydrogen-bond acceptors (Lipinski definition) is 5. The normalized spacial score (nSPS) is 36.3. The molecule has 2 heterocycles. The first-order valence-electron chi connectivity index (χ1n) is 10.7. The molecule has 1 N–H and O–H groups in total. The van der Waals surface area contributed by atoms with Crippen LogP contribution in [0.2, 0.25) is 0 Å². The summed E-state index contributed by atoms with van der Waals surface area (Å²) in [5.41, 5.74) is 0.180. The molecule has 1 aliphatic carbocycles. The SMILES string of the molecule is CC12NC(C)(C3CCCC31)C(OC(=O)c1ccccc1)C2OC(=O)c1ccccc1. The lowest BCUT2D eigenvalue weighted by Crippen LogP contribution is -2.58. The molecule has 2 aromatic carbocycles. The second-order valence-corrected chi connectivity index (χ2v) is 9.22. The zero-order valence-electron chi connectivity index (χ0n) is 17.3. The summed E-state index contributed by atoms with van der Waals surface area (Å²) < 4.78 is 12.2. The lowest BCUT2D eigenvalue weighted by Gasteiger charge is -2.44. The van der Waals surface area contributed by atoms with E-state index in [0.29, 0.717) is 23.0 Å². The second-order valence-electron chi connectivity index (χ2n) is 9.22. The number of benzene rings is 2. The van der Waals surface area contributed by atoms with Gasteiger partial charge in [0.15, 0.2) is 12.2 Å². The molecule has 3 fully saturated rings. The fraction of sp³-hybridized carbons (Fsp3) is 0.440. The average Bonchev–Trinajstić information content (AvgIpc) is 3.40. The van der Waals surface area contributed by atoms with Crippen LogP contribution in [-0.2, 0) is 9.47 Å². The smallest absolute Gasteiger partial charge is 0.338 e. The molecule has 5 heteroatoms. The highest BCUT2D eigenvalue weighted by atomic mass is 16.6. The van der Waals surface area contributed by atoms with Crippen molar-refractivity contribution in [3.8, 4) is 0 Å². The molecule has 6 unspecified atom stereocenters. The molecule has 0 spiro atoms. The monoisotopic (exact) mass is 405 g/mol. The fourth-order valence-electron chi connectivity index (χ4n) is 6.24. The van der Waals surface area contributed by atoms with Crippen LogP contribution in [0.3, 0.4) is 0 Å². The van der Waals surface area contributed by atoms with Gasteiger partial charge in [-0.15, -0.1) is 0 Å². The average molecular weight is 405 g/mol. The van der Waals surface area contributed by atoms with Crippen molar-refractivity contribution in [2.75, 3.05) is 0 Å². The van der Waals surface area contributed by atoms with Crippen LogP contribution in [0.1, 0.15) is 53.8 Å². The first-order chi connectivity index (χ1) is 14.4. The molecule has 5 rings (SSSR count). The van der Waals surface area contributed by atoms with E-state index in [1.165, 1.54) is 0 Å². The lowest BCUT2D eigenvalue weighted by molar-refractivity contribution is -0.0851. The Bertz CT molecular complexity index is 884. The molecule has 2 bridgehead atoms. The van der Waals surface area contributed by atoms with E-state index in [9.17, 15) is 9.59 Å². The number of esters is 2. The van der Waals surface area contributed by atoms with Crippen molar-refractivity contribution < 1.29 is 19.1 Å². The molecular formula is C25H27NO4. The van der Waals surface area contributed by atoms with Gasteiger partial charge < -0.3 is 9.47 Å². The fourth-order valence-corrected chi connectivity index (χ4v) is 6.24. The zero-order valence-corrected chi connectivity index (χ0v) is 17.3. The number of carbonyl (C=O) groups excluding carboxylic acids is 2. The Morgan fingerprint density at radius 1 is 0.767 bits per heavy atom. The number of nitrogens with one attached hydrogen (secondary N) is 1. The summed E-state index contributed by atoms with van der Waals surface area (Å²) >= 11 is 0. The standard InChI is InChI=1S/C25H27NO4/c1-24-18-14-9-15-19(18)25(2,26-24)21(30-23(28)17-12-7-4-8-13-17)20(24)29-22(27)16-10-5-3-6-11-16/h3-8,10-13,18-21,26H,9,14-15H2,1-2H3. The van der Waals surface area contributed by atoms with Gasteiger partial charge in [-0.05, 0) is 62.8 Å². The predicted octanol–water partition coefficient (Wildman–Crippen LogP) is 3.99. The summed E-state index contributed by atoms with van der Waals surface area (Å²) in [6.07, 6.45) is 2.27. The summed E-state index contributed by atoms with van der Waals surface area (Å²) in [6, 6.07) is 18.0.